The molecule has 0 bridgehead atoms. The molecule has 3 heteroatoms. The van der Waals surface area contributed by atoms with E-state index in [2.05, 4.69) is 44.7 Å². The van der Waals surface area contributed by atoms with Gasteiger partial charge >= 0.3 is 0 Å². The van der Waals surface area contributed by atoms with Crippen molar-refractivity contribution in [3.63, 3.8) is 0 Å². The predicted octanol–water partition coefficient (Wildman–Crippen LogP) is 3.07. The highest BCUT2D eigenvalue weighted by Gasteiger charge is 2.19. The molecule has 0 saturated carbocycles. The molecule has 0 spiro atoms. The Hall–Kier alpha value is -1.06. The molecule has 0 saturated heterocycles. The first-order valence-electron chi connectivity index (χ1n) is 7.59. The number of benzene rings is 1. The third-order valence-corrected chi connectivity index (χ3v) is 3.41. The normalized spacial score (nSPS) is 11.9. The molecule has 2 N–H and O–H groups in total. The van der Waals surface area contributed by atoms with Gasteiger partial charge in [-0.1, -0.05) is 32.9 Å². The fraction of sp³-hybridized carbons (Fsp3) is 0.647. The van der Waals surface area contributed by atoms with Crippen molar-refractivity contribution >= 4 is 0 Å². The zero-order chi connectivity index (χ0) is 15.0. The van der Waals surface area contributed by atoms with Crippen LogP contribution in [0.4, 0.5) is 0 Å². The van der Waals surface area contributed by atoms with Gasteiger partial charge in [-0.05, 0) is 49.5 Å². The molecule has 1 rings (SSSR count). The Bertz CT molecular complexity index is 390. The lowest BCUT2D eigenvalue weighted by Crippen LogP contribution is -2.40. The summed E-state index contributed by atoms with van der Waals surface area (Å²) in [5, 5.41) is 0. The summed E-state index contributed by atoms with van der Waals surface area (Å²) in [5.74, 6) is 0.958. The van der Waals surface area contributed by atoms with Crippen LogP contribution in [0.1, 0.15) is 32.8 Å². The highest BCUT2D eigenvalue weighted by atomic mass is 16.5. The third-order valence-electron chi connectivity index (χ3n) is 3.41. The standard InChI is InChI=1S/C17H30N2O/c1-5-9-19(14-17(3,4)13-18)10-11-20-16-8-6-7-15(2)12-16/h6-8,12H,5,9-11,13-14,18H2,1-4H3. The van der Waals surface area contributed by atoms with E-state index in [0.29, 0.717) is 6.54 Å². The van der Waals surface area contributed by atoms with E-state index in [0.717, 1.165) is 38.4 Å². The summed E-state index contributed by atoms with van der Waals surface area (Å²) >= 11 is 0. The van der Waals surface area contributed by atoms with E-state index >= 15 is 0 Å². The Morgan fingerprint density at radius 2 is 2.00 bits per heavy atom. The van der Waals surface area contributed by atoms with Crippen molar-refractivity contribution in [1.82, 2.24) is 4.90 Å². The maximum Gasteiger partial charge on any atom is 0.119 e. The number of aryl methyl sites for hydroxylation is 1. The van der Waals surface area contributed by atoms with Crippen LogP contribution in [-0.4, -0.2) is 37.7 Å². The van der Waals surface area contributed by atoms with Gasteiger partial charge in [0.2, 0.25) is 0 Å². The summed E-state index contributed by atoms with van der Waals surface area (Å²) in [6.07, 6.45) is 1.16. The first-order chi connectivity index (χ1) is 9.46. The lowest BCUT2D eigenvalue weighted by Gasteiger charge is -2.31. The average molecular weight is 278 g/mol. The summed E-state index contributed by atoms with van der Waals surface area (Å²) < 4.78 is 5.84. The first-order valence-corrected chi connectivity index (χ1v) is 7.59. The quantitative estimate of drug-likeness (QED) is 0.754. The topological polar surface area (TPSA) is 38.5 Å². The van der Waals surface area contributed by atoms with E-state index in [1.807, 2.05) is 12.1 Å². The highest BCUT2D eigenvalue weighted by molar-refractivity contribution is 5.27. The van der Waals surface area contributed by atoms with Crippen LogP contribution in [0, 0.1) is 12.3 Å². The number of rotatable bonds is 9. The monoisotopic (exact) mass is 278 g/mol. The minimum Gasteiger partial charge on any atom is -0.492 e. The van der Waals surface area contributed by atoms with E-state index < -0.39 is 0 Å². The number of nitrogens with zero attached hydrogens (tertiary/aromatic N) is 1. The van der Waals surface area contributed by atoms with Gasteiger partial charge in [-0.3, -0.25) is 4.90 Å². The highest BCUT2D eigenvalue weighted by Crippen LogP contribution is 2.16. The first kappa shape index (κ1) is 17.0. The smallest absolute Gasteiger partial charge is 0.119 e. The Kier molecular flexibility index (Phi) is 7.03. The molecule has 0 radical (unpaired) electrons. The van der Waals surface area contributed by atoms with E-state index in [4.69, 9.17) is 10.5 Å². The summed E-state index contributed by atoms with van der Waals surface area (Å²) in [7, 11) is 0. The lowest BCUT2D eigenvalue weighted by atomic mass is 9.93. The van der Waals surface area contributed by atoms with Gasteiger partial charge in [0.25, 0.3) is 0 Å². The molecule has 0 atom stereocenters. The number of hydrogen-bond donors (Lipinski definition) is 1. The Balaban J connectivity index is 2.42. The summed E-state index contributed by atoms with van der Waals surface area (Å²) in [5.41, 5.74) is 7.23. The Labute approximate surface area is 124 Å². The molecule has 1 aromatic carbocycles. The Morgan fingerprint density at radius 1 is 1.25 bits per heavy atom. The maximum atomic E-state index is 5.84. The van der Waals surface area contributed by atoms with Crippen LogP contribution in [0.15, 0.2) is 24.3 Å². The lowest BCUT2D eigenvalue weighted by molar-refractivity contribution is 0.154. The molecule has 0 unspecified atom stereocenters. The van der Waals surface area contributed by atoms with Crippen molar-refractivity contribution in [3.8, 4) is 5.75 Å². The minimum atomic E-state index is 0.165. The van der Waals surface area contributed by atoms with E-state index in [-0.39, 0.29) is 5.41 Å². The van der Waals surface area contributed by atoms with Crippen molar-refractivity contribution in [2.45, 2.75) is 34.1 Å². The van der Waals surface area contributed by atoms with E-state index in [9.17, 15) is 0 Å². The van der Waals surface area contributed by atoms with Gasteiger partial charge in [-0.15, -0.1) is 0 Å². The van der Waals surface area contributed by atoms with Crippen molar-refractivity contribution in [2.75, 3.05) is 32.8 Å². The molecule has 1 aromatic rings. The number of nitrogens with two attached hydrogens (primary N) is 1. The predicted molar refractivity (Wildman–Crippen MR) is 86.2 cm³/mol. The van der Waals surface area contributed by atoms with Gasteiger partial charge < -0.3 is 10.5 Å². The third kappa shape index (κ3) is 6.40. The van der Waals surface area contributed by atoms with Crippen LogP contribution in [0.3, 0.4) is 0 Å². The van der Waals surface area contributed by atoms with Crippen LogP contribution in [0.25, 0.3) is 0 Å². The number of ether oxygens (including phenoxy) is 1. The number of hydrogen-bond acceptors (Lipinski definition) is 3. The Morgan fingerprint density at radius 3 is 2.60 bits per heavy atom. The van der Waals surface area contributed by atoms with Crippen LogP contribution >= 0.6 is 0 Å². The van der Waals surface area contributed by atoms with E-state index in [1.54, 1.807) is 0 Å². The molecule has 0 amide bonds. The largest absolute Gasteiger partial charge is 0.492 e. The average Bonchev–Trinajstić information content (AvgIpc) is 2.39. The molecule has 0 fully saturated rings. The molecule has 0 aromatic heterocycles. The van der Waals surface area contributed by atoms with E-state index in [1.165, 1.54) is 5.56 Å². The van der Waals surface area contributed by atoms with Gasteiger partial charge in [0, 0.05) is 13.1 Å². The summed E-state index contributed by atoms with van der Waals surface area (Å²) in [6.45, 7) is 13.2. The summed E-state index contributed by atoms with van der Waals surface area (Å²) in [6, 6.07) is 8.21. The van der Waals surface area contributed by atoms with Crippen molar-refractivity contribution in [2.24, 2.45) is 11.1 Å². The van der Waals surface area contributed by atoms with Crippen LogP contribution in [-0.2, 0) is 0 Å². The second-order valence-corrected chi connectivity index (χ2v) is 6.31. The fourth-order valence-corrected chi connectivity index (χ4v) is 2.25. The van der Waals surface area contributed by atoms with Crippen LogP contribution in [0.5, 0.6) is 5.75 Å². The van der Waals surface area contributed by atoms with Crippen LogP contribution < -0.4 is 10.5 Å². The molecule has 3 nitrogen and oxygen atoms in total. The van der Waals surface area contributed by atoms with Gasteiger partial charge in [0.05, 0.1) is 0 Å². The van der Waals surface area contributed by atoms with Crippen LogP contribution in [0.2, 0.25) is 0 Å². The second kappa shape index (κ2) is 8.28. The molecule has 0 aliphatic heterocycles. The molecule has 0 aliphatic rings. The van der Waals surface area contributed by atoms with Crippen molar-refractivity contribution in [1.29, 1.82) is 0 Å². The SMILES string of the molecule is CCCN(CCOc1cccc(C)c1)CC(C)(C)CN. The summed E-state index contributed by atoms with van der Waals surface area (Å²) in [4.78, 5) is 2.45. The molecule has 0 aliphatic carbocycles. The molecule has 20 heavy (non-hydrogen) atoms. The van der Waals surface area contributed by atoms with Gasteiger partial charge in [0.15, 0.2) is 0 Å². The molecular formula is C17H30N2O. The second-order valence-electron chi connectivity index (χ2n) is 6.31. The fourth-order valence-electron chi connectivity index (χ4n) is 2.25. The maximum absolute atomic E-state index is 5.84. The van der Waals surface area contributed by atoms with Gasteiger partial charge in [0.1, 0.15) is 12.4 Å². The molecule has 0 heterocycles. The molecular weight excluding hydrogens is 248 g/mol. The molecule has 114 valence electrons. The van der Waals surface area contributed by atoms with Gasteiger partial charge in [-0.2, -0.15) is 0 Å². The minimum absolute atomic E-state index is 0.165. The van der Waals surface area contributed by atoms with Gasteiger partial charge in [-0.25, -0.2) is 0 Å². The zero-order valence-corrected chi connectivity index (χ0v) is 13.5. The van der Waals surface area contributed by atoms with Crippen molar-refractivity contribution < 1.29 is 4.74 Å². The zero-order valence-electron chi connectivity index (χ0n) is 13.5. The van der Waals surface area contributed by atoms with Crippen molar-refractivity contribution in [3.05, 3.63) is 29.8 Å².